The van der Waals surface area contributed by atoms with Gasteiger partial charge in [-0.3, -0.25) is 0 Å². The Morgan fingerprint density at radius 3 is 2.34 bits per heavy atom. The van der Waals surface area contributed by atoms with Gasteiger partial charge in [0.15, 0.2) is 0 Å². The molecule has 2 amide bonds. The molecule has 0 aromatic heterocycles. The molecule has 0 radical (unpaired) electrons. The van der Waals surface area contributed by atoms with Gasteiger partial charge >= 0.3 is 6.03 Å². The summed E-state index contributed by atoms with van der Waals surface area (Å²) in [7, 11) is -3.98. The fourth-order valence-corrected chi connectivity index (χ4v) is 6.85. The number of amides is 2. The zero-order valence-corrected chi connectivity index (χ0v) is 22.3. The number of urea groups is 1. The number of hydrogen-bond donors (Lipinski definition) is 2. The highest BCUT2D eigenvalue weighted by molar-refractivity contribution is 7.90. The van der Waals surface area contributed by atoms with Crippen LogP contribution in [0.1, 0.15) is 36.8 Å². The van der Waals surface area contributed by atoms with Crippen molar-refractivity contribution in [2.45, 2.75) is 56.6 Å². The highest BCUT2D eigenvalue weighted by Crippen LogP contribution is 2.35. The van der Waals surface area contributed by atoms with Crippen LogP contribution in [0.4, 0.5) is 4.79 Å². The molecule has 10 heteroatoms. The van der Waals surface area contributed by atoms with Crippen LogP contribution in [0.15, 0.2) is 41.3 Å². The Bertz CT molecular complexity index is 1190. The Labute approximate surface area is 217 Å². The van der Waals surface area contributed by atoms with Crippen molar-refractivity contribution in [2.75, 3.05) is 26.2 Å². The van der Waals surface area contributed by atoms with Crippen molar-refractivity contribution in [3.8, 4) is 5.75 Å². The van der Waals surface area contributed by atoms with E-state index in [1.165, 1.54) is 6.07 Å². The van der Waals surface area contributed by atoms with Crippen molar-refractivity contribution >= 4 is 39.3 Å². The number of nitrogens with zero attached hydrogens (tertiary/aromatic N) is 1. The first-order valence-corrected chi connectivity index (χ1v) is 14.2. The molecule has 0 saturated carbocycles. The minimum absolute atomic E-state index is 0.0518. The summed E-state index contributed by atoms with van der Waals surface area (Å²) in [6, 6.07) is 9.82. The molecule has 2 saturated heterocycles. The Morgan fingerprint density at radius 2 is 1.69 bits per heavy atom. The van der Waals surface area contributed by atoms with Gasteiger partial charge in [0.05, 0.1) is 34.1 Å². The Morgan fingerprint density at radius 1 is 1.03 bits per heavy atom. The van der Waals surface area contributed by atoms with Gasteiger partial charge in [-0.2, -0.15) is 4.72 Å². The molecule has 35 heavy (non-hydrogen) atoms. The standard InChI is InChI=1S/C25H31Cl2N3O4S/c1-17-5-3-4-6-23(17)35(32,33)29-25(31)30(19-9-13-28-14-10-19)15-11-20(12-16-30)34-22-8-7-21(26)24(27)18(22)2/h3-8,19-20,28H,9-16H2,1-2H3/p+1. The molecule has 0 aliphatic carbocycles. The van der Waals surface area contributed by atoms with Crippen molar-refractivity contribution in [1.82, 2.24) is 10.0 Å². The van der Waals surface area contributed by atoms with E-state index in [-0.39, 0.29) is 21.5 Å². The molecule has 2 aliphatic rings. The van der Waals surface area contributed by atoms with Crippen LogP contribution in [-0.2, 0) is 10.0 Å². The van der Waals surface area contributed by atoms with Gasteiger partial charge in [-0.05, 0) is 37.6 Å². The second-order valence-electron chi connectivity index (χ2n) is 9.44. The summed E-state index contributed by atoms with van der Waals surface area (Å²) < 4.78 is 35.0. The number of piperidine rings is 2. The summed E-state index contributed by atoms with van der Waals surface area (Å²) in [6.45, 7) is 6.22. The molecule has 190 valence electrons. The Balaban J connectivity index is 1.54. The molecule has 2 aliphatic heterocycles. The highest BCUT2D eigenvalue weighted by atomic mass is 35.5. The van der Waals surface area contributed by atoms with Crippen molar-refractivity contribution in [1.29, 1.82) is 0 Å². The number of benzene rings is 2. The van der Waals surface area contributed by atoms with Crippen LogP contribution in [0.2, 0.25) is 10.0 Å². The minimum Gasteiger partial charge on any atom is -0.490 e. The number of aryl methyl sites for hydroxylation is 1. The first-order chi connectivity index (χ1) is 16.6. The van der Waals surface area contributed by atoms with Crippen molar-refractivity contribution in [3.05, 3.63) is 57.6 Å². The second kappa shape index (κ2) is 10.6. The normalized spacial score (nSPS) is 23.6. The number of ether oxygens (including phenoxy) is 1. The topological polar surface area (TPSA) is 84.5 Å². The van der Waals surface area contributed by atoms with Crippen LogP contribution in [0.3, 0.4) is 0 Å². The third kappa shape index (κ3) is 5.47. The molecule has 0 spiro atoms. The van der Waals surface area contributed by atoms with E-state index in [2.05, 4.69) is 10.0 Å². The van der Waals surface area contributed by atoms with E-state index in [4.69, 9.17) is 27.9 Å². The summed E-state index contributed by atoms with van der Waals surface area (Å²) in [5.41, 5.74) is 1.39. The zero-order chi connectivity index (χ0) is 25.2. The van der Waals surface area contributed by atoms with Gasteiger partial charge in [0.2, 0.25) is 0 Å². The van der Waals surface area contributed by atoms with Gasteiger partial charge in [0.1, 0.15) is 11.9 Å². The Kier molecular flexibility index (Phi) is 7.98. The number of hydrogen-bond acceptors (Lipinski definition) is 5. The average molecular weight is 542 g/mol. The predicted molar refractivity (Wildman–Crippen MR) is 138 cm³/mol. The Hall–Kier alpha value is -1.84. The maximum Gasteiger partial charge on any atom is 0.430 e. The third-order valence-electron chi connectivity index (χ3n) is 7.30. The van der Waals surface area contributed by atoms with Gasteiger partial charge in [-0.25, -0.2) is 17.7 Å². The smallest absolute Gasteiger partial charge is 0.430 e. The maximum atomic E-state index is 13.7. The average Bonchev–Trinajstić information content (AvgIpc) is 2.85. The number of rotatable bonds is 5. The van der Waals surface area contributed by atoms with E-state index in [1.54, 1.807) is 31.2 Å². The van der Waals surface area contributed by atoms with Crippen molar-refractivity contribution in [2.24, 2.45) is 0 Å². The lowest BCUT2D eigenvalue weighted by Crippen LogP contribution is -2.68. The van der Waals surface area contributed by atoms with Crippen LogP contribution >= 0.6 is 23.2 Å². The second-order valence-corrected chi connectivity index (χ2v) is 11.9. The summed E-state index contributed by atoms with van der Waals surface area (Å²) in [5, 5.41) is 4.29. The number of likely N-dealkylation sites (tertiary alicyclic amines) is 1. The van der Waals surface area contributed by atoms with Gasteiger partial charge in [-0.1, -0.05) is 41.4 Å². The van der Waals surface area contributed by atoms with Crippen LogP contribution in [0, 0.1) is 13.8 Å². The lowest BCUT2D eigenvalue weighted by molar-refractivity contribution is -0.882. The molecule has 2 heterocycles. The predicted octanol–water partition coefficient (Wildman–Crippen LogP) is 4.82. The van der Waals surface area contributed by atoms with E-state index < -0.39 is 16.1 Å². The van der Waals surface area contributed by atoms with E-state index in [1.807, 2.05) is 13.0 Å². The summed E-state index contributed by atoms with van der Waals surface area (Å²) >= 11 is 12.4. The fraction of sp³-hybridized carbons (Fsp3) is 0.480. The van der Waals surface area contributed by atoms with Crippen LogP contribution in [-0.4, -0.2) is 57.3 Å². The first kappa shape index (κ1) is 26.2. The minimum atomic E-state index is -3.98. The van der Waals surface area contributed by atoms with Crippen molar-refractivity contribution < 1.29 is 22.4 Å². The van der Waals surface area contributed by atoms with E-state index in [9.17, 15) is 13.2 Å². The molecule has 2 fully saturated rings. The van der Waals surface area contributed by atoms with E-state index >= 15 is 0 Å². The number of quaternary nitrogens is 1. The van der Waals surface area contributed by atoms with Crippen molar-refractivity contribution in [3.63, 3.8) is 0 Å². The van der Waals surface area contributed by atoms with Crippen LogP contribution < -0.4 is 14.8 Å². The lowest BCUT2D eigenvalue weighted by atomic mass is 9.96. The molecule has 0 atom stereocenters. The van der Waals surface area contributed by atoms with E-state index in [0.29, 0.717) is 47.3 Å². The van der Waals surface area contributed by atoms with E-state index in [0.717, 1.165) is 31.5 Å². The zero-order valence-electron chi connectivity index (χ0n) is 20.0. The molecule has 2 aromatic carbocycles. The largest absolute Gasteiger partial charge is 0.490 e. The molecule has 0 unspecified atom stereocenters. The molecular formula is C25H32Cl2N3O4S+. The number of carbonyl (C=O) groups is 1. The number of nitrogens with one attached hydrogen (secondary N) is 2. The summed E-state index contributed by atoms with van der Waals surface area (Å²) in [4.78, 5) is 13.8. The molecule has 2 N–H and O–H groups in total. The number of halogens is 2. The lowest BCUT2D eigenvalue weighted by Gasteiger charge is -2.47. The van der Waals surface area contributed by atoms with Gasteiger partial charge < -0.3 is 10.1 Å². The van der Waals surface area contributed by atoms with Gasteiger partial charge in [-0.15, -0.1) is 0 Å². The molecule has 4 rings (SSSR count). The molecule has 0 bridgehead atoms. The van der Waals surface area contributed by atoms with Gasteiger partial charge in [0, 0.05) is 44.3 Å². The maximum absolute atomic E-state index is 13.7. The monoisotopic (exact) mass is 540 g/mol. The SMILES string of the molecule is Cc1ccccc1S(=O)(=O)NC(=O)[N+]1(C2CCNCC2)CCC(Oc2ccc(Cl)c(Cl)c2C)CC1. The third-order valence-corrected chi connectivity index (χ3v) is 9.68. The molecular weight excluding hydrogens is 509 g/mol. The molecule has 2 aromatic rings. The summed E-state index contributed by atoms with van der Waals surface area (Å²) in [5.74, 6) is 0.679. The van der Waals surface area contributed by atoms with Crippen LogP contribution in [0.25, 0.3) is 0 Å². The van der Waals surface area contributed by atoms with Gasteiger partial charge in [0.25, 0.3) is 10.0 Å². The fourth-order valence-electron chi connectivity index (χ4n) is 5.22. The quantitative estimate of drug-likeness (QED) is 0.531. The summed E-state index contributed by atoms with van der Waals surface area (Å²) in [6.07, 6.45) is 2.78. The highest BCUT2D eigenvalue weighted by Gasteiger charge is 2.49. The van der Waals surface area contributed by atoms with Crippen LogP contribution in [0.5, 0.6) is 5.75 Å². The number of carbonyl (C=O) groups excluding carboxylic acids is 1. The first-order valence-electron chi connectivity index (χ1n) is 12.0. The number of sulfonamides is 1. The molecule has 7 nitrogen and oxygen atoms in total.